The number of nitrogens with zero attached hydrogens (tertiary/aromatic N) is 6. The fourth-order valence-corrected chi connectivity index (χ4v) is 3.52. The molecule has 9 nitrogen and oxygen atoms in total. The number of ether oxygens (including phenoxy) is 1. The van der Waals surface area contributed by atoms with Crippen LogP contribution in [0, 0.1) is 0 Å². The van der Waals surface area contributed by atoms with Gasteiger partial charge < -0.3 is 24.7 Å². The first-order chi connectivity index (χ1) is 14.8. The van der Waals surface area contributed by atoms with E-state index in [4.69, 9.17) is 9.72 Å². The highest BCUT2D eigenvalue weighted by Gasteiger charge is 2.16. The second-order valence-corrected chi connectivity index (χ2v) is 7.07. The van der Waals surface area contributed by atoms with E-state index in [9.17, 15) is 0 Å². The lowest BCUT2D eigenvalue weighted by Crippen LogP contribution is -2.20. The molecule has 4 aromatic heterocycles. The maximum absolute atomic E-state index is 5.28. The molecular weight excluding hydrogens is 380 g/mol. The minimum Gasteiger partial charge on any atom is -0.497 e. The number of rotatable bonds is 6. The molecule has 0 aromatic carbocycles. The van der Waals surface area contributed by atoms with Crippen molar-refractivity contribution in [2.75, 3.05) is 35.7 Å². The van der Waals surface area contributed by atoms with Gasteiger partial charge in [0.1, 0.15) is 28.9 Å². The van der Waals surface area contributed by atoms with Crippen molar-refractivity contribution in [3.8, 4) is 5.75 Å². The van der Waals surface area contributed by atoms with Crippen LogP contribution in [0.2, 0.25) is 0 Å². The average Bonchev–Trinajstić information content (AvgIpc) is 3.45. The van der Waals surface area contributed by atoms with E-state index in [2.05, 4.69) is 30.5 Å². The summed E-state index contributed by atoms with van der Waals surface area (Å²) in [6, 6.07) is 9.55. The predicted molar refractivity (Wildman–Crippen MR) is 116 cm³/mol. The molecule has 1 fully saturated rings. The highest BCUT2D eigenvalue weighted by atomic mass is 16.5. The molecule has 0 radical (unpaired) electrons. The van der Waals surface area contributed by atoms with Crippen LogP contribution in [0.3, 0.4) is 0 Å². The fraction of sp³-hybridized carbons (Fsp3) is 0.238. The molecule has 5 heterocycles. The normalized spacial score (nSPS) is 13.6. The third-order valence-electron chi connectivity index (χ3n) is 5.02. The number of methoxy groups -OCH3 is 1. The molecule has 152 valence electrons. The van der Waals surface area contributed by atoms with Crippen LogP contribution in [0.4, 0.5) is 29.1 Å². The van der Waals surface area contributed by atoms with Gasteiger partial charge in [0.25, 0.3) is 0 Å². The summed E-state index contributed by atoms with van der Waals surface area (Å²) in [5.74, 6) is 3.40. The van der Waals surface area contributed by atoms with Gasteiger partial charge in [-0.3, -0.25) is 0 Å². The summed E-state index contributed by atoms with van der Waals surface area (Å²) in [6.07, 6.45) is 9.68. The number of anilines is 5. The van der Waals surface area contributed by atoms with Gasteiger partial charge in [0.15, 0.2) is 0 Å². The van der Waals surface area contributed by atoms with Crippen LogP contribution in [0.25, 0.3) is 5.65 Å². The molecule has 1 aliphatic heterocycles. The standard InChI is InChI=1S/C21H22N8O/c1-30-16-4-6-22-17(13-16)25-21-26-18(14-20(27-21)28-8-2-3-9-28)24-15-5-10-29-11-7-23-19(29)12-15/h4-7,10-14H,2-3,8-9H2,1H3,(H2,22,24,25,26,27). The Kier molecular flexibility index (Phi) is 4.76. The summed E-state index contributed by atoms with van der Waals surface area (Å²) in [5.41, 5.74) is 1.78. The lowest BCUT2D eigenvalue weighted by Gasteiger charge is -2.18. The Labute approximate surface area is 173 Å². The Morgan fingerprint density at radius 1 is 0.900 bits per heavy atom. The highest BCUT2D eigenvalue weighted by Crippen LogP contribution is 2.26. The number of aromatic nitrogens is 5. The summed E-state index contributed by atoms with van der Waals surface area (Å²) in [7, 11) is 1.63. The van der Waals surface area contributed by atoms with Crippen LogP contribution in [-0.2, 0) is 0 Å². The van der Waals surface area contributed by atoms with Gasteiger partial charge in [-0.05, 0) is 25.0 Å². The quantitative estimate of drug-likeness (QED) is 0.505. The lowest BCUT2D eigenvalue weighted by molar-refractivity contribution is 0.414. The number of hydrogen-bond donors (Lipinski definition) is 2. The van der Waals surface area contributed by atoms with Gasteiger partial charge in [0.05, 0.1) is 7.11 Å². The van der Waals surface area contributed by atoms with Crippen LogP contribution in [0.15, 0.2) is 55.1 Å². The predicted octanol–water partition coefficient (Wildman–Crippen LogP) is 3.62. The fourth-order valence-electron chi connectivity index (χ4n) is 3.52. The SMILES string of the molecule is COc1ccnc(Nc2nc(Nc3ccn4ccnc4c3)cc(N3CCCC3)n2)c1. The summed E-state index contributed by atoms with van der Waals surface area (Å²) in [6.45, 7) is 1.99. The molecule has 30 heavy (non-hydrogen) atoms. The zero-order chi connectivity index (χ0) is 20.3. The van der Waals surface area contributed by atoms with Crippen molar-refractivity contribution >= 4 is 34.7 Å². The van der Waals surface area contributed by atoms with Crippen molar-refractivity contribution < 1.29 is 4.74 Å². The van der Waals surface area contributed by atoms with Gasteiger partial charge >= 0.3 is 0 Å². The van der Waals surface area contributed by atoms with Crippen LogP contribution in [0.5, 0.6) is 5.75 Å². The van der Waals surface area contributed by atoms with E-state index in [0.717, 1.165) is 36.0 Å². The first-order valence-electron chi connectivity index (χ1n) is 9.88. The Morgan fingerprint density at radius 3 is 2.67 bits per heavy atom. The Morgan fingerprint density at radius 2 is 1.80 bits per heavy atom. The molecule has 2 N–H and O–H groups in total. The van der Waals surface area contributed by atoms with Crippen molar-refractivity contribution in [2.45, 2.75) is 12.8 Å². The first kappa shape index (κ1) is 18.2. The van der Waals surface area contributed by atoms with E-state index in [-0.39, 0.29) is 0 Å². The maximum atomic E-state index is 5.28. The van der Waals surface area contributed by atoms with Gasteiger partial charge in [-0.25, -0.2) is 9.97 Å². The molecule has 4 aromatic rings. The molecule has 1 aliphatic rings. The molecular formula is C21H22N8O. The van der Waals surface area contributed by atoms with E-state index in [1.807, 2.05) is 41.1 Å². The van der Waals surface area contributed by atoms with Crippen LogP contribution < -0.4 is 20.3 Å². The first-order valence-corrected chi connectivity index (χ1v) is 9.88. The van der Waals surface area contributed by atoms with E-state index in [1.54, 1.807) is 25.6 Å². The minimum absolute atomic E-state index is 0.476. The molecule has 5 rings (SSSR count). The van der Waals surface area contributed by atoms with Gasteiger partial charge in [-0.15, -0.1) is 0 Å². The van der Waals surface area contributed by atoms with Gasteiger partial charge in [-0.1, -0.05) is 0 Å². The molecule has 0 spiro atoms. The number of fused-ring (bicyclic) bond motifs is 1. The monoisotopic (exact) mass is 402 g/mol. The Bertz CT molecular complexity index is 1170. The molecule has 9 heteroatoms. The average molecular weight is 402 g/mol. The van der Waals surface area contributed by atoms with Gasteiger partial charge in [0, 0.05) is 61.8 Å². The van der Waals surface area contributed by atoms with E-state index in [0.29, 0.717) is 17.6 Å². The van der Waals surface area contributed by atoms with Crippen molar-refractivity contribution in [1.29, 1.82) is 0 Å². The van der Waals surface area contributed by atoms with Crippen molar-refractivity contribution in [3.63, 3.8) is 0 Å². The van der Waals surface area contributed by atoms with Crippen molar-refractivity contribution in [2.24, 2.45) is 0 Å². The Balaban J connectivity index is 1.47. The molecule has 0 amide bonds. The molecule has 0 unspecified atom stereocenters. The number of hydrogen-bond acceptors (Lipinski definition) is 8. The summed E-state index contributed by atoms with van der Waals surface area (Å²) in [5, 5.41) is 6.58. The lowest BCUT2D eigenvalue weighted by atomic mass is 10.3. The number of imidazole rings is 1. The third-order valence-corrected chi connectivity index (χ3v) is 5.02. The zero-order valence-electron chi connectivity index (χ0n) is 16.6. The smallest absolute Gasteiger partial charge is 0.232 e. The molecule has 0 atom stereocenters. The summed E-state index contributed by atoms with van der Waals surface area (Å²) < 4.78 is 7.24. The van der Waals surface area contributed by atoms with Crippen LogP contribution in [0.1, 0.15) is 12.8 Å². The third kappa shape index (κ3) is 3.82. The van der Waals surface area contributed by atoms with E-state index < -0.39 is 0 Å². The van der Waals surface area contributed by atoms with Crippen LogP contribution >= 0.6 is 0 Å². The van der Waals surface area contributed by atoms with E-state index >= 15 is 0 Å². The molecule has 1 saturated heterocycles. The molecule has 0 saturated carbocycles. The number of pyridine rings is 2. The maximum Gasteiger partial charge on any atom is 0.232 e. The zero-order valence-corrected chi connectivity index (χ0v) is 16.6. The topological polar surface area (TPSA) is 92.5 Å². The molecule has 0 aliphatic carbocycles. The largest absolute Gasteiger partial charge is 0.497 e. The summed E-state index contributed by atoms with van der Waals surface area (Å²) >= 11 is 0. The highest BCUT2D eigenvalue weighted by molar-refractivity contribution is 5.66. The van der Waals surface area contributed by atoms with Crippen molar-refractivity contribution in [1.82, 2.24) is 24.3 Å². The van der Waals surface area contributed by atoms with Crippen LogP contribution in [-0.4, -0.2) is 44.5 Å². The second-order valence-electron chi connectivity index (χ2n) is 7.07. The Hall–Kier alpha value is -3.88. The van der Waals surface area contributed by atoms with E-state index in [1.165, 1.54) is 12.8 Å². The number of nitrogens with one attached hydrogen (secondary N) is 2. The minimum atomic E-state index is 0.476. The second kappa shape index (κ2) is 7.86. The van der Waals surface area contributed by atoms with Gasteiger partial charge in [0.2, 0.25) is 5.95 Å². The summed E-state index contributed by atoms with van der Waals surface area (Å²) in [4.78, 5) is 20.3. The molecule has 0 bridgehead atoms. The van der Waals surface area contributed by atoms with Crippen molar-refractivity contribution in [3.05, 3.63) is 55.1 Å². The van der Waals surface area contributed by atoms with Gasteiger partial charge in [-0.2, -0.15) is 9.97 Å².